The second-order valence-electron chi connectivity index (χ2n) is 4.45. The molecule has 0 unspecified atom stereocenters. The minimum Gasteiger partial charge on any atom is -0.465 e. The number of Topliss-reactive ketones (excluding diaryl/α,β-unsaturated/α-hetero) is 1. The fraction of sp³-hybridized carbons (Fsp3) is 0.571. The standard InChI is InChI=1S/C14H22N2O3S/c1-4-6-7-8-16-13-10(14(18)19-3)11(15)12(20-13)9(17)5-2/h16H,4-8,15H2,1-3H3. The normalized spacial score (nSPS) is 10.3. The SMILES string of the molecule is CCCCCNc1sc(C(=O)CC)c(N)c1C(=O)OC. The highest BCUT2D eigenvalue weighted by Gasteiger charge is 2.25. The Morgan fingerprint density at radius 3 is 2.55 bits per heavy atom. The van der Waals surface area contributed by atoms with E-state index in [1.807, 2.05) is 0 Å². The number of nitrogens with two attached hydrogens (primary N) is 1. The number of hydrogen-bond acceptors (Lipinski definition) is 6. The van der Waals surface area contributed by atoms with Crippen LogP contribution in [0.1, 0.15) is 59.6 Å². The van der Waals surface area contributed by atoms with Gasteiger partial charge in [-0.25, -0.2) is 4.79 Å². The number of esters is 1. The number of carbonyl (C=O) groups is 2. The van der Waals surface area contributed by atoms with E-state index >= 15 is 0 Å². The van der Waals surface area contributed by atoms with Crippen molar-refractivity contribution in [3.05, 3.63) is 10.4 Å². The Hall–Kier alpha value is -1.56. The van der Waals surface area contributed by atoms with E-state index < -0.39 is 5.97 Å². The van der Waals surface area contributed by atoms with Gasteiger partial charge in [0, 0.05) is 13.0 Å². The summed E-state index contributed by atoms with van der Waals surface area (Å²) in [5.41, 5.74) is 6.45. The van der Waals surface area contributed by atoms with Crippen molar-refractivity contribution >= 4 is 33.8 Å². The maximum atomic E-state index is 11.8. The summed E-state index contributed by atoms with van der Waals surface area (Å²) in [6.07, 6.45) is 3.60. The smallest absolute Gasteiger partial charge is 0.343 e. The summed E-state index contributed by atoms with van der Waals surface area (Å²) in [6, 6.07) is 0. The van der Waals surface area contributed by atoms with Crippen LogP contribution in [0.2, 0.25) is 0 Å². The average Bonchev–Trinajstić information content (AvgIpc) is 2.79. The van der Waals surface area contributed by atoms with Crippen LogP contribution in [0, 0.1) is 0 Å². The molecule has 0 fully saturated rings. The Morgan fingerprint density at radius 1 is 1.30 bits per heavy atom. The minimum atomic E-state index is -0.508. The zero-order valence-electron chi connectivity index (χ0n) is 12.2. The predicted molar refractivity (Wildman–Crippen MR) is 82.7 cm³/mol. The third kappa shape index (κ3) is 3.72. The Labute approximate surface area is 123 Å². The molecule has 112 valence electrons. The summed E-state index contributed by atoms with van der Waals surface area (Å²) in [5, 5.41) is 3.82. The Morgan fingerprint density at radius 2 is 2.00 bits per heavy atom. The van der Waals surface area contributed by atoms with Gasteiger partial charge in [0.2, 0.25) is 0 Å². The van der Waals surface area contributed by atoms with Crippen LogP contribution in [0.5, 0.6) is 0 Å². The molecule has 0 atom stereocenters. The van der Waals surface area contributed by atoms with Crippen molar-refractivity contribution in [1.29, 1.82) is 0 Å². The monoisotopic (exact) mass is 298 g/mol. The summed E-state index contributed by atoms with van der Waals surface area (Å²) < 4.78 is 4.75. The van der Waals surface area contributed by atoms with Gasteiger partial charge in [-0.1, -0.05) is 26.7 Å². The van der Waals surface area contributed by atoms with E-state index in [1.54, 1.807) is 6.92 Å². The Balaban J connectivity index is 3.01. The minimum absolute atomic E-state index is 0.0562. The highest BCUT2D eigenvalue weighted by Crippen LogP contribution is 2.37. The fourth-order valence-corrected chi connectivity index (χ4v) is 2.96. The molecular formula is C14H22N2O3S. The number of ether oxygens (including phenoxy) is 1. The molecule has 5 nitrogen and oxygen atoms in total. The summed E-state index contributed by atoms with van der Waals surface area (Å²) in [5.74, 6) is -0.564. The van der Waals surface area contributed by atoms with E-state index in [2.05, 4.69) is 12.2 Å². The van der Waals surface area contributed by atoms with Gasteiger partial charge in [-0.2, -0.15) is 0 Å². The lowest BCUT2D eigenvalue weighted by Crippen LogP contribution is -2.09. The van der Waals surface area contributed by atoms with Crippen molar-refractivity contribution in [3.63, 3.8) is 0 Å². The number of rotatable bonds is 8. The average molecular weight is 298 g/mol. The highest BCUT2D eigenvalue weighted by atomic mass is 32.1. The molecule has 0 aliphatic heterocycles. The summed E-state index contributed by atoms with van der Waals surface area (Å²) >= 11 is 1.23. The van der Waals surface area contributed by atoms with Gasteiger partial charge in [0.25, 0.3) is 0 Å². The van der Waals surface area contributed by atoms with E-state index in [9.17, 15) is 9.59 Å². The van der Waals surface area contributed by atoms with Crippen LogP contribution in [0.4, 0.5) is 10.7 Å². The zero-order valence-corrected chi connectivity index (χ0v) is 13.1. The third-order valence-electron chi connectivity index (χ3n) is 2.97. The van der Waals surface area contributed by atoms with E-state index in [4.69, 9.17) is 10.5 Å². The quantitative estimate of drug-likeness (QED) is 0.437. The van der Waals surface area contributed by atoms with Crippen molar-refractivity contribution in [1.82, 2.24) is 0 Å². The van der Waals surface area contributed by atoms with Gasteiger partial charge in [-0.3, -0.25) is 4.79 Å². The second-order valence-corrected chi connectivity index (χ2v) is 5.47. The van der Waals surface area contributed by atoms with E-state index in [-0.39, 0.29) is 17.0 Å². The first-order chi connectivity index (χ1) is 9.56. The summed E-state index contributed by atoms with van der Waals surface area (Å²) in [7, 11) is 1.31. The first kappa shape index (κ1) is 16.5. The molecule has 0 radical (unpaired) electrons. The van der Waals surface area contributed by atoms with E-state index in [0.717, 1.165) is 25.8 Å². The van der Waals surface area contributed by atoms with Crippen LogP contribution < -0.4 is 11.1 Å². The van der Waals surface area contributed by atoms with Crippen molar-refractivity contribution in [3.8, 4) is 0 Å². The lowest BCUT2D eigenvalue weighted by Gasteiger charge is -2.06. The van der Waals surface area contributed by atoms with Crippen LogP contribution in [-0.2, 0) is 4.74 Å². The fourth-order valence-electron chi connectivity index (χ4n) is 1.82. The predicted octanol–water partition coefficient (Wildman–Crippen LogP) is 3.31. The molecule has 0 aromatic carbocycles. The van der Waals surface area contributed by atoms with Crippen molar-refractivity contribution in [2.45, 2.75) is 39.5 Å². The van der Waals surface area contributed by atoms with Crippen molar-refractivity contribution in [2.75, 3.05) is 24.7 Å². The molecule has 6 heteroatoms. The Bertz CT molecular complexity index is 483. The molecule has 1 rings (SSSR count). The third-order valence-corrected chi connectivity index (χ3v) is 4.18. The summed E-state index contributed by atoms with van der Waals surface area (Å²) in [6.45, 7) is 4.65. The number of nitrogen functional groups attached to an aromatic ring is 1. The van der Waals surface area contributed by atoms with Crippen LogP contribution in [0.15, 0.2) is 0 Å². The van der Waals surface area contributed by atoms with Gasteiger partial charge < -0.3 is 15.8 Å². The van der Waals surface area contributed by atoms with Gasteiger partial charge >= 0.3 is 5.97 Å². The molecular weight excluding hydrogens is 276 g/mol. The van der Waals surface area contributed by atoms with Crippen LogP contribution in [-0.4, -0.2) is 25.4 Å². The number of hydrogen-bond donors (Lipinski definition) is 2. The van der Waals surface area contributed by atoms with Crippen LogP contribution in [0.3, 0.4) is 0 Å². The second kappa shape index (κ2) is 7.89. The van der Waals surface area contributed by atoms with Crippen molar-refractivity contribution in [2.24, 2.45) is 0 Å². The number of anilines is 2. The molecule has 0 spiro atoms. The molecule has 1 aromatic heterocycles. The maximum Gasteiger partial charge on any atom is 0.343 e. The largest absolute Gasteiger partial charge is 0.465 e. The van der Waals surface area contributed by atoms with Gasteiger partial charge in [-0.15, -0.1) is 11.3 Å². The number of nitrogens with one attached hydrogen (secondary N) is 1. The lowest BCUT2D eigenvalue weighted by atomic mass is 10.1. The molecule has 0 bridgehead atoms. The molecule has 0 saturated carbocycles. The maximum absolute atomic E-state index is 11.8. The van der Waals surface area contributed by atoms with Gasteiger partial charge in [0.05, 0.1) is 17.7 Å². The van der Waals surface area contributed by atoms with Crippen LogP contribution in [0.25, 0.3) is 0 Å². The number of thiophene rings is 1. The molecule has 0 aliphatic rings. The molecule has 20 heavy (non-hydrogen) atoms. The van der Waals surface area contributed by atoms with Gasteiger partial charge in [-0.05, 0) is 6.42 Å². The highest BCUT2D eigenvalue weighted by molar-refractivity contribution is 7.19. The number of unbranched alkanes of at least 4 members (excludes halogenated alkanes) is 2. The molecule has 0 saturated heterocycles. The zero-order chi connectivity index (χ0) is 15.1. The molecule has 3 N–H and O–H groups in total. The van der Waals surface area contributed by atoms with Gasteiger partial charge in [0.15, 0.2) is 5.78 Å². The molecule has 1 heterocycles. The topological polar surface area (TPSA) is 81.4 Å². The molecule has 1 aromatic rings. The first-order valence-corrected chi connectivity index (χ1v) is 7.66. The van der Waals surface area contributed by atoms with E-state index in [1.165, 1.54) is 18.4 Å². The van der Waals surface area contributed by atoms with Crippen LogP contribution >= 0.6 is 11.3 Å². The number of ketones is 1. The summed E-state index contributed by atoms with van der Waals surface area (Å²) in [4.78, 5) is 24.1. The Kier molecular flexibility index (Phi) is 6.51. The first-order valence-electron chi connectivity index (χ1n) is 6.84. The van der Waals surface area contributed by atoms with E-state index in [0.29, 0.717) is 16.3 Å². The number of methoxy groups -OCH3 is 1. The molecule has 0 amide bonds. The van der Waals surface area contributed by atoms with Gasteiger partial charge in [0.1, 0.15) is 10.6 Å². The van der Waals surface area contributed by atoms with Crippen molar-refractivity contribution < 1.29 is 14.3 Å². The number of carbonyl (C=O) groups excluding carboxylic acids is 2. The lowest BCUT2D eigenvalue weighted by molar-refractivity contribution is 0.0603. The molecule has 0 aliphatic carbocycles.